The number of ether oxygens (including phenoxy) is 3. The molecule has 2 atom stereocenters. The van der Waals surface area contributed by atoms with Crippen LogP contribution in [0, 0.1) is 17.0 Å². The summed E-state index contributed by atoms with van der Waals surface area (Å²) >= 11 is 0. The van der Waals surface area contributed by atoms with Gasteiger partial charge < -0.3 is 14.2 Å². The molecule has 0 saturated carbocycles. The monoisotopic (exact) mass is 452 g/mol. The second kappa shape index (κ2) is 8.86. The van der Waals surface area contributed by atoms with E-state index < -0.39 is 10.9 Å². The maximum atomic E-state index is 12.9. The third kappa shape index (κ3) is 3.95. The Morgan fingerprint density at radius 1 is 1.15 bits per heavy atom. The number of carbonyl (C=O) groups is 1. The topological polar surface area (TPSA) is 91.1 Å². The molecular formula is C25H28N2O6. The van der Waals surface area contributed by atoms with Crippen molar-refractivity contribution in [2.45, 2.75) is 37.6 Å². The highest BCUT2D eigenvalue weighted by atomic mass is 16.6. The SMILES string of the molecule is COc1ccc([C@@]23CCC(OC(=O)c4c(C)cccc4[N+](=O)[O-])=C[C@@H]2N(C)CC3)cc1OC. The Labute approximate surface area is 192 Å². The van der Waals surface area contributed by atoms with Gasteiger partial charge in [-0.1, -0.05) is 18.2 Å². The van der Waals surface area contributed by atoms with Crippen LogP contribution in [-0.4, -0.2) is 49.6 Å². The van der Waals surface area contributed by atoms with E-state index >= 15 is 0 Å². The number of rotatable bonds is 6. The van der Waals surface area contributed by atoms with Crippen LogP contribution in [0.15, 0.2) is 48.2 Å². The first-order valence-corrected chi connectivity index (χ1v) is 10.9. The number of benzene rings is 2. The van der Waals surface area contributed by atoms with Gasteiger partial charge in [-0.25, -0.2) is 4.79 Å². The van der Waals surface area contributed by atoms with Gasteiger partial charge in [0.1, 0.15) is 11.3 Å². The van der Waals surface area contributed by atoms with Gasteiger partial charge in [0.05, 0.1) is 19.1 Å². The Morgan fingerprint density at radius 3 is 2.61 bits per heavy atom. The number of nitro groups is 1. The van der Waals surface area contributed by atoms with Crippen LogP contribution in [0.3, 0.4) is 0 Å². The molecule has 0 unspecified atom stereocenters. The zero-order chi connectivity index (χ0) is 23.8. The van der Waals surface area contributed by atoms with E-state index in [0.29, 0.717) is 29.2 Å². The number of nitro benzene ring substituents is 1. The Kier molecular flexibility index (Phi) is 6.12. The van der Waals surface area contributed by atoms with Crippen LogP contribution in [0.5, 0.6) is 11.5 Å². The van der Waals surface area contributed by atoms with Gasteiger partial charge in [0.15, 0.2) is 11.5 Å². The summed E-state index contributed by atoms with van der Waals surface area (Å²) in [4.78, 5) is 26.0. The Bertz CT molecular complexity index is 1130. The van der Waals surface area contributed by atoms with Crippen molar-refractivity contribution >= 4 is 11.7 Å². The van der Waals surface area contributed by atoms with E-state index in [-0.39, 0.29) is 22.7 Å². The minimum Gasteiger partial charge on any atom is -0.493 e. The molecule has 33 heavy (non-hydrogen) atoms. The predicted octanol–water partition coefficient (Wildman–Crippen LogP) is 4.40. The molecule has 0 aromatic heterocycles. The number of likely N-dealkylation sites (tertiary alicyclic amines) is 1. The molecule has 1 fully saturated rings. The van der Waals surface area contributed by atoms with Crippen LogP contribution in [0.25, 0.3) is 0 Å². The number of esters is 1. The quantitative estimate of drug-likeness (QED) is 0.364. The Balaban J connectivity index is 1.65. The van der Waals surface area contributed by atoms with Crippen molar-refractivity contribution in [1.82, 2.24) is 4.90 Å². The van der Waals surface area contributed by atoms with Gasteiger partial charge >= 0.3 is 5.97 Å². The number of carbonyl (C=O) groups excluding carboxylic acids is 1. The van der Waals surface area contributed by atoms with Crippen molar-refractivity contribution < 1.29 is 23.9 Å². The van der Waals surface area contributed by atoms with E-state index in [1.54, 1.807) is 33.3 Å². The van der Waals surface area contributed by atoms with E-state index in [1.807, 2.05) is 18.2 Å². The molecule has 0 N–H and O–H groups in total. The minimum absolute atomic E-state index is 0.0000889. The molecule has 0 bridgehead atoms. The zero-order valence-electron chi connectivity index (χ0n) is 19.3. The maximum absolute atomic E-state index is 12.9. The fourth-order valence-corrected chi connectivity index (χ4v) is 5.18. The Hall–Kier alpha value is -3.39. The number of hydrogen-bond acceptors (Lipinski definition) is 7. The first-order chi connectivity index (χ1) is 15.8. The van der Waals surface area contributed by atoms with Crippen LogP contribution >= 0.6 is 0 Å². The van der Waals surface area contributed by atoms with Crippen LogP contribution < -0.4 is 9.47 Å². The summed E-state index contributed by atoms with van der Waals surface area (Å²) in [6.07, 6.45) is 4.30. The molecule has 1 aliphatic carbocycles. The smallest absolute Gasteiger partial charge is 0.350 e. The van der Waals surface area contributed by atoms with Gasteiger partial charge in [0.2, 0.25) is 0 Å². The average Bonchev–Trinajstić information content (AvgIpc) is 3.15. The molecule has 8 heteroatoms. The molecule has 0 spiro atoms. The molecule has 0 radical (unpaired) electrons. The fourth-order valence-electron chi connectivity index (χ4n) is 5.18. The molecule has 4 rings (SSSR count). The van der Waals surface area contributed by atoms with E-state index in [4.69, 9.17) is 14.2 Å². The predicted molar refractivity (Wildman–Crippen MR) is 123 cm³/mol. The number of nitrogens with zero attached hydrogens (tertiary/aromatic N) is 2. The summed E-state index contributed by atoms with van der Waals surface area (Å²) in [7, 11) is 5.30. The van der Waals surface area contributed by atoms with Gasteiger partial charge in [-0.3, -0.25) is 15.0 Å². The second-order valence-electron chi connectivity index (χ2n) is 8.65. The van der Waals surface area contributed by atoms with E-state index in [2.05, 4.69) is 18.0 Å². The molecule has 0 amide bonds. The van der Waals surface area contributed by atoms with Crippen molar-refractivity contribution in [3.63, 3.8) is 0 Å². The second-order valence-corrected chi connectivity index (χ2v) is 8.65. The lowest BCUT2D eigenvalue weighted by Crippen LogP contribution is -2.42. The summed E-state index contributed by atoms with van der Waals surface area (Å²) in [5.41, 5.74) is 1.29. The maximum Gasteiger partial charge on any atom is 0.350 e. The molecule has 2 aromatic carbocycles. The largest absolute Gasteiger partial charge is 0.493 e. The standard InChI is InChI=1S/C25H28N2O6/c1-16-6-5-7-19(27(29)30)23(16)24(28)33-18-10-11-25(12-13-26(2)22(25)15-18)17-8-9-20(31-3)21(14-17)32-4/h5-9,14-15,22H,10-13H2,1-4H3/t22-,25-/m0/s1. The molecule has 2 aromatic rings. The van der Waals surface area contributed by atoms with Crippen molar-refractivity contribution in [3.8, 4) is 11.5 Å². The number of likely N-dealkylation sites (N-methyl/N-ethyl adjacent to an activating group) is 1. The number of hydrogen-bond donors (Lipinski definition) is 0. The van der Waals surface area contributed by atoms with Gasteiger partial charge in [-0.05, 0) is 62.7 Å². The summed E-state index contributed by atoms with van der Waals surface area (Å²) in [5.74, 6) is 1.23. The fraction of sp³-hybridized carbons (Fsp3) is 0.400. The van der Waals surface area contributed by atoms with Crippen molar-refractivity contribution in [2.24, 2.45) is 0 Å². The molecule has 8 nitrogen and oxygen atoms in total. The Morgan fingerprint density at radius 2 is 1.91 bits per heavy atom. The highest BCUT2D eigenvalue weighted by Crippen LogP contribution is 2.49. The van der Waals surface area contributed by atoms with Crippen LogP contribution in [0.1, 0.15) is 40.7 Å². The van der Waals surface area contributed by atoms with Gasteiger partial charge in [-0.2, -0.15) is 0 Å². The van der Waals surface area contributed by atoms with Crippen LogP contribution in [0.4, 0.5) is 5.69 Å². The van der Waals surface area contributed by atoms with E-state index in [1.165, 1.54) is 6.07 Å². The molecule has 2 aliphatic rings. The highest BCUT2D eigenvalue weighted by molar-refractivity contribution is 5.96. The zero-order valence-corrected chi connectivity index (χ0v) is 19.3. The normalized spacial score (nSPS) is 22.3. The molecule has 174 valence electrons. The van der Waals surface area contributed by atoms with Crippen LogP contribution in [-0.2, 0) is 10.2 Å². The first-order valence-electron chi connectivity index (χ1n) is 10.9. The number of aryl methyl sites for hydroxylation is 1. The van der Waals surface area contributed by atoms with E-state index in [0.717, 1.165) is 24.9 Å². The van der Waals surface area contributed by atoms with E-state index in [9.17, 15) is 14.9 Å². The van der Waals surface area contributed by atoms with Gasteiger partial charge in [0, 0.05) is 23.9 Å². The van der Waals surface area contributed by atoms with Crippen molar-refractivity contribution in [1.29, 1.82) is 0 Å². The molecule has 1 aliphatic heterocycles. The molecule has 1 saturated heterocycles. The van der Waals surface area contributed by atoms with Crippen molar-refractivity contribution in [2.75, 3.05) is 27.8 Å². The number of methoxy groups -OCH3 is 2. The summed E-state index contributed by atoms with van der Waals surface area (Å²) in [6, 6.07) is 10.6. The van der Waals surface area contributed by atoms with Crippen LogP contribution in [0.2, 0.25) is 0 Å². The lowest BCUT2D eigenvalue weighted by Gasteiger charge is -2.40. The van der Waals surface area contributed by atoms with Gasteiger partial charge in [0.25, 0.3) is 5.69 Å². The highest BCUT2D eigenvalue weighted by Gasteiger charge is 2.48. The van der Waals surface area contributed by atoms with Gasteiger partial charge in [-0.15, -0.1) is 0 Å². The molecular weight excluding hydrogens is 424 g/mol. The summed E-state index contributed by atoms with van der Waals surface area (Å²) in [6.45, 7) is 2.58. The number of allylic oxidation sites excluding steroid dienone is 1. The summed E-state index contributed by atoms with van der Waals surface area (Å²) in [5, 5.41) is 11.4. The third-order valence-electron chi connectivity index (χ3n) is 6.95. The minimum atomic E-state index is -0.690. The first kappa shape index (κ1) is 22.8. The third-order valence-corrected chi connectivity index (χ3v) is 6.95. The average molecular weight is 453 g/mol. The molecule has 1 heterocycles. The van der Waals surface area contributed by atoms with Crippen molar-refractivity contribution in [3.05, 3.63) is 75.0 Å². The number of fused-ring (bicyclic) bond motifs is 1. The lowest BCUT2D eigenvalue weighted by atomic mass is 9.68. The summed E-state index contributed by atoms with van der Waals surface area (Å²) < 4.78 is 16.6. The lowest BCUT2D eigenvalue weighted by molar-refractivity contribution is -0.385.